The fourth-order valence-corrected chi connectivity index (χ4v) is 6.27. The highest BCUT2D eigenvalue weighted by atomic mass is 16.2. The van der Waals surface area contributed by atoms with Crippen molar-refractivity contribution in [1.29, 1.82) is 0 Å². The van der Waals surface area contributed by atoms with Crippen molar-refractivity contribution in [2.24, 2.45) is 11.8 Å². The van der Waals surface area contributed by atoms with E-state index in [0.29, 0.717) is 24.2 Å². The van der Waals surface area contributed by atoms with Crippen LogP contribution in [-0.4, -0.2) is 68.8 Å². The van der Waals surface area contributed by atoms with Crippen molar-refractivity contribution in [2.45, 2.75) is 78.3 Å². The van der Waals surface area contributed by atoms with Crippen LogP contribution in [-0.2, 0) is 19.2 Å². The van der Waals surface area contributed by atoms with Crippen LogP contribution in [0.5, 0.6) is 0 Å². The minimum absolute atomic E-state index is 0.0442. The highest BCUT2D eigenvalue weighted by Gasteiger charge is 2.32. The van der Waals surface area contributed by atoms with E-state index in [1.165, 1.54) is 0 Å². The number of aromatic nitrogens is 2. The number of aromatic amines is 1. The number of benzene rings is 2. The average molecular weight is 613 g/mol. The summed E-state index contributed by atoms with van der Waals surface area (Å²) in [4.78, 5) is 54.1. The van der Waals surface area contributed by atoms with Crippen molar-refractivity contribution in [3.05, 3.63) is 54.6 Å². The third kappa shape index (κ3) is 7.79. The summed E-state index contributed by atoms with van der Waals surface area (Å²) in [6.45, 7) is 9.01. The van der Waals surface area contributed by atoms with E-state index < -0.39 is 0 Å². The molecule has 4 amide bonds. The Balaban J connectivity index is 1.13. The molecule has 238 valence electrons. The molecule has 0 saturated carbocycles. The Kier molecular flexibility index (Phi) is 10.0. The van der Waals surface area contributed by atoms with E-state index in [2.05, 4.69) is 20.8 Å². The first-order valence-electron chi connectivity index (χ1n) is 16.1. The van der Waals surface area contributed by atoms with Crippen LogP contribution < -0.4 is 10.6 Å². The van der Waals surface area contributed by atoms with Crippen molar-refractivity contribution in [2.75, 3.05) is 23.7 Å². The van der Waals surface area contributed by atoms with Gasteiger partial charge in [0.15, 0.2) is 0 Å². The summed E-state index contributed by atoms with van der Waals surface area (Å²) in [5.74, 6) is -0.115. The summed E-state index contributed by atoms with van der Waals surface area (Å²) in [7, 11) is 0. The van der Waals surface area contributed by atoms with E-state index in [0.717, 1.165) is 61.3 Å². The Hall–Kier alpha value is -4.47. The molecule has 2 aliphatic heterocycles. The zero-order chi connectivity index (χ0) is 32.1. The number of nitrogens with zero attached hydrogens (tertiary/aromatic N) is 3. The number of carbonyl (C=O) groups is 4. The zero-order valence-corrected chi connectivity index (χ0v) is 26.6. The summed E-state index contributed by atoms with van der Waals surface area (Å²) in [6.07, 6.45) is 4.16. The number of nitrogens with one attached hydrogen (secondary N) is 3. The van der Waals surface area contributed by atoms with Crippen molar-refractivity contribution in [3.63, 3.8) is 0 Å². The maximum absolute atomic E-state index is 12.7. The molecule has 10 heteroatoms. The highest BCUT2D eigenvalue weighted by Crippen LogP contribution is 2.28. The van der Waals surface area contributed by atoms with Crippen molar-refractivity contribution in [1.82, 2.24) is 20.0 Å². The molecule has 3 aromatic rings. The summed E-state index contributed by atoms with van der Waals surface area (Å²) in [6, 6.07) is 17.0. The van der Waals surface area contributed by atoms with Gasteiger partial charge in [0, 0.05) is 66.8 Å². The molecular weight excluding hydrogens is 568 g/mol. The molecule has 5 rings (SSSR count). The first-order valence-corrected chi connectivity index (χ1v) is 16.1. The Morgan fingerprint density at radius 3 is 1.62 bits per heavy atom. The first kappa shape index (κ1) is 31.9. The molecule has 0 aliphatic carbocycles. The first-order chi connectivity index (χ1) is 21.6. The molecule has 2 aliphatic rings. The maximum atomic E-state index is 12.7. The van der Waals surface area contributed by atoms with Crippen molar-refractivity contribution in [3.8, 4) is 22.5 Å². The normalized spacial score (nSPS) is 18.1. The van der Waals surface area contributed by atoms with Crippen LogP contribution in [0, 0.1) is 11.8 Å². The van der Waals surface area contributed by atoms with E-state index in [1.807, 2.05) is 92.1 Å². The number of likely N-dealkylation sites (tertiary alicyclic amines) is 2. The van der Waals surface area contributed by atoms with Gasteiger partial charge in [-0.3, -0.25) is 24.3 Å². The minimum Gasteiger partial charge on any atom is -0.339 e. The van der Waals surface area contributed by atoms with Crippen LogP contribution in [0.1, 0.15) is 66.2 Å². The minimum atomic E-state index is -0.0976. The molecule has 2 aromatic carbocycles. The molecule has 1 aromatic heterocycles. The second kappa shape index (κ2) is 14.1. The van der Waals surface area contributed by atoms with Gasteiger partial charge in [0.25, 0.3) is 0 Å². The summed E-state index contributed by atoms with van der Waals surface area (Å²) < 4.78 is 0. The van der Waals surface area contributed by atoms with Crippen LogP contribution in [0.25, 0.3) is 22.5 Å². The third-order valence-electron chi connectivity index (χ3n) is 8.67. The largest absolute Gasteiger partial charge is 0.339 e. The molecule has 3 N–H and O–H groups in total. The van der Waals surface area contributed by atoms with Crippen LogP contribution in [0.3, 0.4) is 0 Å². The van der Waals surface area contributed by atoms with E-state index >= 15 is 0 Å². The lowest BCUT2D eigenvalue weighted by Crippen LogP contribution is -2.40. The number of hydrogen-bond acceptors (Lipinski definition) is 5. The third-order valence-corrected chi connectivity index (χ3v) is 8.67. The fourth-order valence-electron chi connectivity index (χ4n) is 6.27. The van der Waals surface area contributed by atoms with Gasteiger partial charge in [0.05, 0.1) is 11.4 Å². The quantitative estimate of drug-likeness (QED) is 0.271. The molecule has 0 unspecified atom stereocenters. The van der Waals surface area contributed by atoms with Gasteiger partial charge in [0.1, 0.15) is 0 Å². The van der Waals surface area contributed by atoms with Gasteiger partial charge in [-0.2, -0.15) is 5.10 Å². The Morgan fingerprint density at radius 2 is 1.18 bits per heavy atom. The smallest absolute Gasteiger partial charge is 0.226 e. The predicted molar refractivity (Wildman–Crippen MR) is 175 cm³/mol. The Morgan fingerprint density at radius 1 is 0.733 bits per heavy atom. The van der Waals surface area contributed by atoms with Gasteiger partial charge < -0.3 is 20.4 Å². The van der Waals surface area contributed by atoms with E-state index in [1.54, 1.807) is 0 Å². The molecule has 0 radical (unpaired) electrons. The Bertz CT molecular complexity index is 1400. The van der Waals surface area contributed by atoms with Gasteiger partial charge in [-0.25, -0.2) is 0 Å². The zero-order valence-electron chi connectivity index (χ0n) is 26.6. The predicted octanol–water partition coefficient (Wildman–Crippen LogP) is 5.69. The number of H-pyrrole nitrogens is 1. The number of carbonyl (C=O) groups excluding carboxylic acids is 4. The van der Waals surface area contributed by atoms with Crippen LogP contribution >= 0.6 is 0 Å². The maximum Gasteiger partial charge on any atom is 0.226 e. The van der Waals surface area contributed by atoms with Gasteiger partial charge in [0.2, 0.25) is 23.6 Å². The molecule has 45 heavy (non-hydrogen) atoms. The van der Waals surface area contributed by atoms with Crippen molar-refractivity contribution >= 4 is 35.0 Å². The van der Waals surface area contributed by atoms with Gasteiger partial charge in [-0.15, -0.1) is 0 Å². The lowest BCUT2D eigenvalue weighted by molar-refractivity contribution is -0.136. The second-order valence-electron chi connectivity index (χ2n) is 12.8. The SMILES string of the molecule is CC(C)C(=O)N1CCC[C@H]1CC(=O)Nc1ccc(-c2cc(-c3ccc(NC(=O)C[C@@H]4CCCN4C(=O)C(C)C)cc3)[nH]n2)cc1. The van der Waals surface area contributed by atoms with Gasteiger partial charge in [-0.1, -0.05) is 52.0 Å². The molecule has 3 heterocycles. The van der Waals surface area contributed by atoms with Gasteiger partial charge in [-0.05, 0) is 61.6 Å². The van der Waals surface area contributed by atoms with Crippen LogP contribution in [0.2, 0.25) is 0 Å². The molecule has 2 saturated heterocycles. The van der Waals surface area contributed by atoms with Crippen molar-refractivity contribution < 1.29 is 19.2 Å². The lowest BCUT2D eigenvalue weighted by atomic mass is 10.1. The average Bonchev–Trinajstić information content (AvgIpc) is 3.79. The summed E-state index contributed by atoms with van der Waals surface area (Å²) in [5.41, 5.74) is 4.84. The number of anilines is 2. The van der Waals surface area contributed by atoms with E-state index in [9.17, 15) is 19.2 Å². The molecule has 0 spiro atoms. The number of amides is 4. The fraction of sp³-hybridized carbons (Fsp3) is 0.457. The number of hydrogen-bond donors (Lipinski definition) is 3. The van der Waals surface area contributed by atoms with E-state index in [-0.39, 0.29) is 47.5 Å². The van der Waals surface area contributed by atoms with E-state index in [4.69, 9.17) is 0 Å². The van der Waals surface area contributed by atoms with Gasteiger partial charge >= 0.3 is 0 Å². The highest BCUT2D eigenvalue weighted by molar-refractivity contribution is 5.93. The lowest BCUT2D eigenvalue weighted by Gasteiger charge is -2.26. The topological polar surface area (TPSA) is 127 Å². The molecular formula is C35H44N6O4. The molecule has 0 bridgehead atoms. The Labute approximate surface area is 264 Å². The summed E-state index contributed by atoms with van der Waals surface area (Å²) >= 11 is 0. The molecule has 2 atom stereocenters. The van der Waals surface area contributed by atoms with Crippen LogP contribution in [0.4, 0.5) is 11.4 Å². The van der Waals surface area contributed by atoms with Crippen LogP contribution in [0.15, 0.2) is 54.6 Å². The standard InChI is InChI=1S/C35H44N6O4/c1-22(2)34(44)40-17-5-7-28(40)19-32(42)36-26-13-9-24(10-14-26)30-21-31(39-38-30)25-11-15-27(16-12-25)37-33(43)20-29-8-6-18-41(29)35(45)23(3)4/h9-16,21-23,28-29H,5-8,17-20H2,1-4H3,(H,36,42)(H,37,43)(H,38,39)/t28-,29-/m0/s1. The number of rotatable bonds is 10. The second-order valence-corrected chi connectivity index (χ2v) is 12.8. The molecule has 10 nitrogen and oxygen atoms in total. The monoisotopic (exact) mass is 612 g/mol. The summed E-state index contributed by atoms with van der Waals surface area (Å²) in [5, 5.41) is 13.5. The molecule has 2 fully saturated rings.